The van der Waals surface area contributed by atoms with Crippen molar-refractivity contribution in [3.05, 3.63) is 63.9 Å². The van der Waals surface area contributed by atoms with Crippen molar-refractivity contribution in [3.63, 3.8) is 0 Å². The molecule has 2 rings (SSSR count). The number of hydrogen-bond donors (Lipinski definition) is 1. The third-order valence-corrected chi connectivity index (χ3v) is 3.19. The summed E-state index contributed by atoms with van der Waals surface area (Å²) in [6, 6.07) is 13.1. The van der Waals surface area contributed by atoms with E-state index in [0.717, 1.165) is 15.7 Å². The zero-order valence-corrected chi connectivity index (χ0v) is 11.1. The molecule has 0 unspecified atom stereocenters. The molecule has 0 heterocycles. The summed E-state index contributed by atoms with van der Waals surface area (Å²) < 4.78 is 14.4. The molecule has 0 atom stereocenters. The Morgan fingerprint density at radius 1 is 1.12 bits per heavy atom. The summed E-state index contributed by atoms with van der Waals surface area (Å²) in [4.78, 5) is 0. The molecule has 0 amide bonds. The van der Waals surface area contributed by atoms with Gasteiger partial charge >= 0.3 is 0 Å². The van der Waals surface area contributed by atoms with Gasteiger partial charge in [0.15, 0.2) is 0 Å². The fraction of sp³-hybridized carbons (Fsp3) is 0.143. The normalized spacial score (nSPS) is 10.3. The molecule has 3 heteroatoms. The molecule has 0 saturated heterocycles. The van der Waals surface area contributed by atoms with Gasteiger partial charge in [-0.25, -0.2) is 4.39 Å². The van der Waals surface area contributed by atoms with Crippen LogP contribution in [0.15, 0.2) is 46.9 Å². The van der Waals surface area contributed by atoms with Gasteiger partial charge < -0.3 is 5.32 Å². The molecule has 0 spiro atoms. The van der Waals surface area contributed by atoms with Gasteiger partial charge in [0.05, 0.1) is 0 Å². The molecule has 0 saturated carbocycles. The van der Waals surface area contributed by atoms with E-state index in [9.17, 15) is 4.39 Å². The van der Waals surface area contributed by atoms with Crippen LogP contribution in [-0.2, 0) is 6.54 Å². The molecule has 2 aromatic carbocycles. The van der Waals surface area contributed by atoms with Crippen molar-refractivity contribution in [2.45, 2.75) is 13.5 Å². The maximum Gasteiger partial charge on any atom is 0.128 e. The maximum atomic E-state index is 13.3. The quantitative estimate of drug-likeness (QED) is 0.878. The zero-order valence-electron chi connectivity index (χ0n) is 9.50. The number of halogens is 2. The van der Waals surface area contributed by atoms with Crippen molar-refractivity contribution in [2.24, 2.45) is 0 Å². The molecule has 0 radical (unpaired) electrons. The van der Waals surface area contributed by atoms with E-state index < -0.39 is 0 Å². The van der Waals surface area contributed by atoms with E-state index in [4.69, 9.17) is 0 Å². The SMILES string of the molecule is Cc1c(F)cccc1NCc1ccc(Br)cc1. The van der Waals surface area contributed by atoms with Crippen LogP contribution in [0.2, 0.25) is 0 Å². The molecule has 1 nitrogen and oxygen atoms in total. The highest BCUT2D eigenvalue weighted by molar-refractivity contribution is 9.10. The monoisotopic (exact) mass is 293 g/mol. The van der Waals surface area contributed by atoms with Crippen LogP contribution < -0.4 is 5.32 Å². The Morgan fingerprint density at radius 2 is 1.82 bits per heavy atom. The van der Waals surface area contributed by atoms with Crippen LogP contribution in [0.3, 0.4) is 0 Å². The van der Waals surface area contributed by atoms with Gasteiger partial charge in [-0.15, -0.1) is 0 Å². The van der Waals surface area contributed by atoms with Crippen molar-refractivity contribution in [3.8, 4) is 0 Å². The number of benzene rings is 2. The minimum Gasteiger partial charge on any atom is -0.381 e. The van der Waals surface area contributed by atoms with Gasteiger partial charge in [0.1, 0.15) is 5.82 Å². The lowest BCUT2D eigenvalue weighted by molar-refractivity contribution is 0.619. The number of anilines is 1. The molecule has 0 fully saturated rings. The highest BCUT2D eigenvalue weighted by atomic mass is 79.9. The topological polar surface area (TPSA) is 12.0 Å². The average Bonchev–Trinajstić information content (AvgIpc) is 2.33. The van der Waals surface area contributed by atoms with Crippen LogP contribution in [0.5, 0.6) is 0 Å². The third kappa shape index (κ3) is 3.07. The second-order valence-electron chi connectivity index (χ2n) is 3.89. The van der Waals surface area contributed by atoms with E-state index in [2.05, 4.69) is 21.2 Å². The smallest absolute Gasteiger partial charge is 0.128 e. The van der Waals surface area contributed by atoms with Crippen LogP contribution in [0, 0.1) is 12.7 Å². The molecule has 88 valence electrons. The van der Waals surface area contributed by atoms with Crippen molar-refractivity contribution < 1.29 is 4.39 Å². The summed E-state index contributed by atoms with van der Waals surface area (Å²) in [5.41, 5.74) is 2.66. The zero-order chi connectivity index (χ0) is 12.3. The minimum absolute atomic E-state index is 0.175. The number of nitrogens with one attached hydrogen (secondary N) is 1. The second kappa shape index (κ2) is 5.32. The van der Waals surface area contributed by atoms with E-state index in [1.165, 1.54) is 6.07 Å². The third-order valence-electron chi connectivity index (χ3n) is 2.66. The number of hydrogen-bond acceptors (Lipinski definition) is 1. The molecular weight excluding hydrogens is 281 g/mol. The van der Waals surface area contributed by atoms with E-state index in [-0.39, 0.29) is 5.82 Å². The van der Waals surface area contributed by atoms with Crippen LogP contribution in [-0.4, -0.2) is 0 Å². The van der Waals surface area contributed by atoms with Crippen LogP contribution in [0.1, 0.15) is 11.1 Å². The van der Waals surface area contributed by atoms with Gasteiger partial charge in [-0.1, -0.05) is 34.1 Å². The van der Waals surface area contributed by atoms with E-state index in [0.29, 0.717) is 12.1 Å². The van der Waals surface area contributed by atoms with Gasteiger partial charge in [0.2, 0.25) is 0 Å². The highest BCUT2D eigenvalue weighted by Crippen LogP contribution is 2.18. The predicted molar refractivity (Wildman–Crippen MR) is 72.6 cm³/mol. The molecule has 0 aliphatic rings. The summed E-state index contributed by atoms with van der Waals surface area (Å²) in [5.74, 6) is -0.175. The van der Waals surface area contributed by atoms with Crippen LogP contribution >= 0.6 is 15.9 Å². The molecule has 0 bridgehead atoms. The molecular formula is C14H13BrFN. The Labute approximate surface area is 109 Å². The van der Waals surface area contributed by atoms with Gasteiger partial charge in [-0.2, -0.15) is 0 Å². The molecule has 0 aromatic heterocycles. The molecule has 0 aliphatic heterocycles. The average molecular weight is 294 g/mol. The summed E-state index contributed by atoms with van der Waals surface area (Å²) in [5, 5.41) is 3.23. The summed E-state index contributed by atoms with van der Waals surface area (Å²) >= 11 is 3.39. The Kier molecular flexibility index (Phi) is 3.79. The maximum absolute atomic E-state index is 13.3. The van der Waals surface area contributed by atoms with Crippen LogP contribution in [0.4, 0.5) is 10.1 Å². The standard InChI is InChI=1S/C14H13BrFN/c1-10-13(16)3-2-4-14(10)17-9-11-5-7-12(15)8-6-11/h2-8,17H,9H2,1H3. The highest BCUT2D eigenvalue weighted by Gasteiger charge is 2.02. The Morgan fingerprint density at radius 3 is 2.53 bits per heavy atom. The first-order valence-corrected chi connectivity index (χ1v) is 6.19. The lowest BCUT2D eigenvalue weighted by Crippen LogP contribution is -2.01. The first kappa shape index (κ1) is 12.1. The Hall–Kier alpha value is -1.35. The van der Waals surface area contributed by atoms with Crippen molar-refractivity contribution in [1.82, 2.24) is 0 Å². The molecule has 17 heavy (non-hydrogen) atoms. The predicted octanol–water partition coefficient (Wildman–Crippen LogP) is 4.51. The Balaban J connectivity index is 2.07. The van der Waals surface area contributed by atoms with E-state index >= 15 is 0 Å². The van der Waals surface area contributed by atoms with Gasteiger partial charge in [-0.3, -0.25) is 0 Å². The summed E-state index contributed by atoms with van der Waals surface area (Å²) in [7, 11) is 0. The molecule has 2 aromatic rings. The fourth-order valence-electron chi connectivity index (χ4n) is 1.60. The van der Waals surface area contributed by atoms with Gasteiger partial charge in [-0.05, 0) is 36.8 Å². The van der Waals surface area contributed by atoms with E-state index in [1.807, 2.05) is 30.3 Å². The molecule has 1 N–H and O–H groups in total. The summed E-state index contributed by atoms with van der Waals surface area (Å²) in [6.07, 6.45) is 0. The van der Waals surface area contributed by atoms with Gasteiger partial charge in [0, 0.05) is 22.3 Å². The van der Waals surface area contributed by atoms with Crippen LogP contribution in [0.25, 0.3) is 0 Å². The first-order valence-electron chi connectivity index (χ1n) is 5.40. The first-order chi connectivity index (χ1) is 8.16. The van der Waals surface area contributed by atoms with Crippen molar-refractivity contribution >= 4 is 21.6 Å². The van der Waals surface area contributed by atoms with E-state index in [1.54, 1.807) is 13.0 Å². The lowest BCUT2D eigenvalue weighted by Gasteiger charge is -2.10. The van der Waals surface area contributed by atoms with Gasteiger partial charge in [0.25, 0.3) is 0 Å². The minimum atomic E-state index is -0.175. The number of rotatable bonds is 3. The van der Waals surface area contributed by atoms with Crippen molar-refractivity contribution in [2.75, 3.05) is 5.32 Å². The molecule has 0 aliphatic carbocycles. The lowest BCUT2D eigenvalue weighted by atomic mass is 10.1. The second-order valence-corrected chi connectivity index (χ2v) is 4.81. The fourth-order valence-corrected chi connectivity index (χ4v) is 1.86. The Bertz CT molecular complexity index is 508. The van der Waals surface area contributed by atoms with Crippen molar-refractivity contribution in [1.29, 1.82) is 0 Å². The summed E-state index contributed by atoms with van der Waals surface area (Å²) in [6.45, 7) is 2.47. The largest absolute Gasteiger partial charge is 0.381 e.